The molecule has 4 rings (SSSR count). The van der Waals surface area contributed by atoms with E-state index in [1.807, 2.05) is 38.1 Å². The van der Waals surface area contributed by atoms with Crippen molar-refractivity contribution >= 4 is 39.1 Å². The smallest absolute Gasteiger partial charge is 0.252 e. The molecule has 1 aliphatic heterocycles. The molecular formula is C27H27N3O5S. The highest BCUT2D eigenvalue weighted by Crippen LogP contribution is 2.31. The van der Waals surface area contributed by atoms with E-state index in [9.17, 15) is 22.8 Å². The topological polar surface area (TPSA) is 104 Å². The first-order valence-corrected chi connectivity index (χ1v) is 12.9. The molecule has 1 heterocycles. The van der Waals surface area contributed by atoms with E-state index in [1.54, 1.807) is 36.4 Å². The summed E-state index contributed by atoms with van der Waals surface area (Å²) >= 11 is 0. The zero-order valence-electron chi connectivity index (χ0n) is 20.3. The first-order chi connectivity index (χ1) is 17.1. The van der Waals surface area contributed by atoms with Crippen LogP contribution >= 0.6 is 0 Å². The molecule has 3 amide bonds. The molecule has 1 fully saturated rings. The summed E-state index contributed by atoms with van der Waals surface area (Å²) in [4.78, 5) is 38.9. The number of benzene rings is 3. The molecule has 9 heteroatoms. The van der Waals surface area contributed by atoms with Crippen LogP contribution in [0.4, 0.5) is 11.4 Å². The molecule has 1 aliphatic rings. The molecule has 0 aliphatic carbocycles. The van der Waals surface area contributed by atoms with E-state index in [4.69, 9.17) is 0 Å². The Kier molecular flexibility index (Phi) is 7.05. The van der Waals surface area contributed by atoms with Crippen LogP contribution in [-0.4, -0.2) is 36.5 Å². The maximum Gasteiger partial charge on any atom is 0.252 e. The largest absolute Gasteiger partial charge is 0.326 e. The Hall–Kier alpha value is -3.82. The van der Waals surface area contributed by atoms with Gasteiger partial charge in [0.15, 0.2) is 0 Å². The van der Waals surface area contributed by atoms with E-state index in [0.29, 0.717) is 16.9 Å². The number of amides is 3. The zero-order valence-corrected chi connectivity index (χ0v) is 21.1. The number of anilines is 2. The van der Waals surface area contributed by atoms with Crippen LogP contribution in [0.2, 0.25) is 0 Å². The summed E-state index contributed by atoms with van der Waals surface area (Å²) in [6.45, 7) is 5.10. The van der Waals surface area contributed by atoms with Gasteiger partial charge in [-0.1, -0.05) is 47.5 Å². The normalized spacial score (nSPS) is 16.0. The van der Waals surface area contributed by atoms with Gasteiger partial charge >= 0.3 is 0 Å². The van der Waals surface area contributed by atoms with E-state index >= 15 is 0 Å². The van der Waals surface area contributed by atoms with Crippen molar-refractivity contribution in [3.05, 3.63) is 89.5 Å². The summed E-state index contributed by atoms with van der Waals surface area (Å²) in [5.41, 5.74) is 3.46. The Morgan fingerprint density at radius 3 is 2.03 bits per heavy atom. The van der Waals surface area contributed by atoms with Gasteiger partial charge in [-0.05, 0) is 55.8 Å². The standard InChI is InChI=1S/C27H27N3O5S/c1-18-4-8-21(9-5-18)17-29(36(34,35)24-14-6-19(2)7-15-24)25-16-26(32)30(27(25)33)23-12-10-22(11-13-23)28-20(3)31/h4-15,25H,16-17H2,1-3H3,(H,28,31). The van der Waals surface area contributed by atoms with E-state index in [-0.39, 0.29) is 23.8 Å². The number of rotatable bonds is 7. The van der Waals surface area contributed by atoms with Gasteiger partial charge in [0.05, 0.1) is 17.0 Å². The van der Waals surface area contributed by atoms with Gasteiger partial charge in [0, 0.05) is 19.2 Å². The maximum atomic E-state index is 13.7. The van der Waals surface area contributed by atoms with E-state index in [2.05, 4.69) is 5.32 Å². The minimum atomic E-state index is -4.11. The first kappa shape index (κ1) is 25.3. The molecule has 186 valence electrons. The minimum absolute atomic E-state index is 0.0542. The maximum absolute atomic E-state index is 13.7. The molecule has 8 nitrogen and oxygen atoms in total. The van der Waals surface area contributed by atoms with Gasteiger partial charge in [0.25, 0.3) is 5.91 Å². The third kappa shape index (κ3) is 5.22. The van der Waals surface area contributed by atoms with Crippen molar-refractivity contribution in [1.29, 1.82) is 0 Å². The fourth-order valence-corrected chi connectivity index (χ4v) is 5.66. The summed E-state index contributed by atoms with van der Waals surface area (Å²) < 4.78 is 28.6. The lowest BCUT2D eigenvalue weighted by Crippen LogP contribution is -2.45. The molecule has 1 atom stereocenters. The molecule has 1 N–H and O–H groups in total. The summed E-state index contributed by atoms with van der Waals surface area (Å²) in [6, 6.07) is 18.8. The number of imide groups is 1. The van der Waals surface area contributed by atoms with Gasteiger partial charge < -0.3 is 5.32 Å². The molecular weight excluding hydrogens is 478 g/mol. The number of nitrogens with one attached hydrogen (secondary N) is 1. The van der Waals surface area contributed by atoms with Crippen LogP contribution in [-0.2, 0) is 31.0 Å². The SMILES string of the molecule is CC(=O)Nc1ccc(N2C(=O)CC(N(Cc3ccc(C)cc3)S(=O)(=O)c3ccc(C)cc3)C2=O)cc1. The lowest BCUT2D eigenvalue weighted by Gasteiger charge is -2.27. The van der Waals surface area contributed by atoms with Crippen molar-refractivity contribution in [3.63, 3.8) is 0 Å². The predicted octanol–water partition coefficient (Wildman–Crippen LogP) is 3.78. The Balaban J connectivity index is 1.70. The monoisotopic (exact) mass is 505 g/mol. The first-order valence-electron chi connectivity index (χ1n) is 11.4. The van der Waals surface area contributed by atoms with E-state index in [0.717, 1.165) is 20.3 Å². The highest BCUT2D eigenvalue weighted by Gasteiger charge is 2.47. The fourth-order valence-electron chi connectivity index (χ4n) is 4.09. The Morgan fingerprint density at radius 1 is 0.917 bits per heavy atom. The van der Waals surface area contributed by atoms with Gasteiger partial charge in [-0.15, -0.1) is 0 Å². The Labute approximate surface area is 210 Å². The number of carbonyl (C=O) groups excluding carboxylic acids is 3. The second-order valence-corrected chi connectivity index (χ2v) is 10.8. The number of nitrogens with zero attached hydrogens (tertiary/aromatic N) is 2. The van der Waals surface area contributed by atoms with Crippen molar-refractivity contribution in [2.75, 3.05) is 10.2 Å². The number of carbonyl (C=O) groups is 3. The van der Waals surface area contributed by atoms with Gasteiger partial charge in [0.1, 0.15) is 6.04 Å². The van der Waals surface area contributed by atoms with Crippen molar-refractivity contribution in [3.8, 4) is 0 Å². The van der Waals surface area contributed by atoms with E-state index in [1.165, 1.54) is 19.1 Å². The molecule has 0 bridgehead atoms. The summed E-state index contributed by atoms with van der Waals surface area (Å²) in [5, 5.41) is 2.63. The van der Waals surface area contributed by atoms with E-state index < -0.39 is 27.9 Å². The van der Waals surface area contributed by atoms with Crippen LogP contribution in [0.1, 0.15) is 30.0 Å². The van der Waals surface area contributed by atoms with Crippen LogP contribution in [0.15, 0.2) is 77.7 Å². The van der Waals surface area contributed by atoms with Gasteiger partial charge in [-0.25, -0.2) is 13.3 Å². The Morgan fingerprint density at radius 2 is 1.47 bits per heavy atom. The second kappa shape index (κ2) is 10.0. The van der Waals surface area contributed by atoms with Crippen LogP contribution < -0.4 is 10.2 Å². The lowest BCUT2D eigenvalue weighted by atomic mass is 10.1. The molecule has 1 unspecified atom stereocenters. The highest BCUT2D eigenvalue weighted by molar-refractivity contribution is 7.89. The number of hydrogen-bond acceptors (Lipinski definition) is 5. The fraction of sp³-hybridized carbons (Fsp3) is 0.222. The molecule has 36 heavy (non-hydrogen) atoms. The zero-order chi connectivity index (χ0) is 26.0. The number of sulfonamides is 1. The third-order valence-electron chi connectivity index (χ3n) is 6.00. The van der Waals surface area contributed by atoms with Gasteiger partial charge in [0.2, 0.25) is 21.8 Å². The molecule has 3 aromatic carbocycles. The number of hydrogen-bond donors (Lipinski definition) is 1. The van der Waals surface area contributed by atoms with Crippen LogP contribution in [0, 0.1) is 13.8 Å². The molecule has 0 aromatic heterocycles. The third-order valence-corrected chi connectivity index (χ3v) is 7.87. The van der Waals surface area contributed by atoms with Crippen molar-refractivity contribution < 1.29 is 22.8 Å². The molecule has 0 radical (unpaired) electrons. The number of aryl methyl sites for hydroxylation is 2. The molecule has 0 saturated carbocycles. The summed E-state index contributed by atoms with van der Waals surface area (Å²) in [7, 11) is -4.11. The average Bonchev–Trinajstić information content (AvgIpc) is 3.12. The molecule has 3 aromatic rings. The van der Waals surface area contributed by atoms with Gasteiger partial charge in [-0.3, -0.25) is 14.4 Å². The minimum Gasteiger partial charge on any atom is -0.326 e. The Bertz CT molecular complexity index is 1400. The summed E-state index contributed by atoms with van der Waals surface area (Å²) in [5.74, 6) is -1.36. The summed E-state index contributed by atoms with van der Waals surface area (Å²) in [6.07, 6.45) is -0.275. The highest BCUT2D eigenvalue weighted by atomic mass is 32.2. The molecule has 1 saturated heterocycles. The van der Waals surface area contributed by atoms with Crippen molar-refractivity contribution in [2.24, 2.45) is 0 Å². The quantitative estimate of drug-likeness (QED) is 0.492. The van der Waals surface area contributed by atoms with Crippen LogP contribution in [0.25, 0.3) is 0 Å². The predicted molar refractivity (Wildman–Crippen MR) is 137 cm³/mol. The van der Waals surface area contributed by atoms with Crippen LogP contribution in [0.5, 0.6) is 0 Å². The molecule has 0 spiro atoms. The average molecular weight is 506 g/mol. The van der Waals surface area contributed by atoms with Crippen molar-refractivity contribution in [1.82, 2.24) is 4.31 Å². The lowest BCUT2D eigenvalue weighted by molar-refractivity contribution is -0.122. The van der Waals surface area contributed by atoms with Crippen LogP contribution in [0.3, 0.4) is 0 Å². The van der Waals surface area contributed by atoms with Gasteiger partial charge in [-0.2, -0.15) is 4.31 Å². The second-order valence-electron chi connectivity index (χ2n) is 8.86. The van der Waals surface area contributed by atoms with Crippen molar-refractivity contribution in [2.45, 2.75) is 44.7 Å².